The lowest BCUT2D eigenvalue weighted by Crippen LogP contribution is -2.26. The maximum Gasteiger partial charge on any atom is 0.253 e. The molecule has 1 saturated heterocycles. The van der Waals surface area contributed by atoms with Crippen molar-refractivity contribution in [3.63, 3.8) is 0 Å². The number of hydrogen-bond donors (Lipinski definition) is 0. The van der Waals surface area contributed by atoms with Crippen LogP contribution in [-0.2, 0) is 4.74 Å². The van der Waals surface area contributed by atoms with Crippen molar-refractivity contribution in [3.8, 4) is 0 Å². The summed E-state index contributed by atoms with van der Waals surface area (Å²) in [6.45, 7) is 3.23. The van der Waals surface area contributed by atoms with Gasteiger partial charge in [-0.3, -0.25) is 4.79 Å². The fourth-order valence-corrected chi connectivity index (χ4v) is 2.28. The first-order valence-corrected chi connectivity index (χ1v) is 5.44. The molecule has 1 fully saturated rings. The van der Waals surface area contributed by atoms with Crippen molar-refractivity contribution in [2.24, 2.45) is 0 Å². The molecule has 0 bridgehead atoms. The zero-order chi connectivity index (χ0) is 10.1. The number of ether oxygens (including phenoxy) is 1. The molecule has 0 radical (unpaired) electrons. The second-order valence-corrected chi connectivity index (χ2v) is 4.49. The molecule has 1 aliphatic rings. The van der Waals surface area contributed by atoms with Gasteiger partial charge in [-0.05, 0) is 35.3 Å². The monoisotopic (exact) mass is 257 g/mol. The molecule has 1 aromatic rings. The van der Waals surface area contributed by atoms with Crippen LogP contribution in [0.25, 0.3) is 0 Å². The molecule has 1 aliphatic heterocycles. The van der Waals surface area contributed by atoms with Crippen LogP contribution in [0.3, 0.4) is 0 Å². The highest BCUT2D eigenvalue weighted by atomic mass is 79.9. The first-order chi connectivity index (χ1) is 6.68. The number of rotatable bonds is 1. The lowest BCUT2D eigenvalue weighted by atomic mass is 10.2. The van der Waals surface area contributed by atoms with E-state index in [2.05, 4.69) is 15.9 Å². The van der Waals surface area contributed by atoms with Gasteiger partial charge in [0.2, 0.25) is 0 Å². The third-order valence-electron chi connectivity index (χ3n) is 2.49. The third-order valence-corrected chi connectivity index (χ3v) is 2.92. The molecule has 1 aromatic heterocycles. The molecular weight excluding hydrogens is 246 g/mol. The SMILES string of the molecule is Cc1cc(Br)cn(C2CCOC2)c1=O. The number of pyridine rings is 1. The predicted molar refractivity (Wildman–Crippen MR) is 57.6 cm³/mol. The maximum atomic E-state index is 11.8. The fraction of sp³-hybridized carbons (Fsp3) is 0.500. The number of hydrogen-bond acceptors (Lipinski definition) is 2. The summed E-state index contributed by atoms with van der Waals surface area (Å²) in [4.78, 5) is 11.8. The average molecular weight is 258 g/mol. The second kappa shape index (κ2) is 3.87. The van der Waals surface area contributed by atoms with Gasteiger partial charge in [0.1, 0.15) is 0 Å². The van der Waals surface area contributed by atoms with Crippen molar-refractivity contribution in [1.82, 2.24) is 4.57 Å². The molecule has 0 aromatic carbocycles. The summed E-state index contributed by atoms with van der Waals surface area (Å²) < 4.78 is 7.99. The molecule has 3 nitrogen and oxygen atoms in total. The Morgan fingerprint density at radius 3 is 3.07 bits per heavy atom. The van der Waals surface area contributed by atoms with Gasteiger partial charge in [0.25, 0.3) is 5.56 Å². The van der Waals surface area contributed by atoms with Crippen LogP contribution in [0.15, 0.2) is 21.5 Å². The van der Waals surface area contributed by atoms with Crippen LogP contribution in [0.5, 0.6) is 0 Å². The van der Waals surface area contributed by atoms with Crippen molar-refractivity contribution in [3.05, 3.63) is 32.7 Å². The van der Waals surface area contributed by atoms with Crippen molar-refractivity contribution in [2.75, 3.05) is 13.2 Å². The zero-order valence-electron chi connectivity index (χ0n) is 8.00. The van der Waals surface area contributed by atoms with Gasteiger partial charge in [-0.25, -0.2) is 0 Å². The van der Waals surface area contributed by atoms with Crippen molar-refractivity contribution >= 4 is 15.9 Å². The molecular formula is C10H12BrNO2. The molecule has 0 N–H and O–H groups in total. The summed E-state index contributed by atoms with van der Waals surface area (Å²) in [6.07, 6.45) is 2.77. The first-order valence-electron chi connectivity index (χ1n) is 4.64. The molecule has 14 heavy (non-hydrogen) atoms. The minimum atomic E-state index is 0.0868. The molecule has 76 valence electrons. The van der Waals surface area contributed by atoms with Crippen molar-refractivity contribution < 1.29 is 4.74 Å². The van der Waals surface area contributed by atoms with Crippen LogP contribution in [0.2, 0.25) is 0 Å². The van der Waals surface area contributed by atoms with Crippen LogP contribution in [-0.4, -0.2) is 17.8 Å². The van der Waals surface area contributed by atoms with Gasteiger partial charge in [-0.15, -0.1) is 0 Å². The van der Waals surface area contributed by atoms with E-state index in [-0.39, 0.29) is 11.6 Å². The zero-order valence-corrected chi connectivity index (χ0v) is 9.58. The van der Waals surface area contributed by atoms with E-state index in [0.29, 0.717) is 6.61 Å². The van der Waals surface area contributed by atoms with E-state index in [1.165, 1.54) is 0 Å². The Bertz CT molecular complexity index is 394. The van der Waals surface area contributed by atoms with Gasteiger partial charge in [-0.2, -0.15) is 0 Å². The van der Waals surface area contributed by atoms with Gasteiger partial charge in [0.15, 0.2) is 0 Å². The van der Waals surface area contributed by atoms with E-state index >= 15 is 0 Å². The normalized spacial score (nSPS) is 21.4. The standard InChI is InChI=1S/C10H12BrNO2/c1-7-4-8(11)5-12(10(7)13)9-2-3-14-6-9/h4-5,9H,2-3,6H2,1H3. The summed E-state index contributed by atoms with van der Waals surface area (Å²) in [6, 6.07) is 2.05. The Morgan fingerprint density at radius 2 is 2.43 bits per heavy atom. The lowest BCUT2D eigenvalue weighted by molar-refractivity contribution is 0.186. The molecule has 2 rings (SSSR count). The second-order valence-electron chi connectivity index (χ2n) is 3.57. The minimum absolute atomic E-state index is 0.0868. The highest BCUT2D eigenvalue weighted by molar-refractivity contribution is 9.10. The van der Waals surface area contributed by atoms with E-state index < -0.39 is 0 Å². The van der Waals surface area contributed by atoms with E-state index in [1.807, 2.05) is 19.2 Å². The van der Waals surface area contributed by atoms with Gasteiger partial charge in [0.05, 0.1) is 12.6 Å². The van der Waals surface area contributed by atoms with Crippen LogP contribution in [0.4, 0.5) is 0 Å². The molecule has 1 atom stereocenters. The van der Waals surface area contributed by atoms with E-state index in [9.17, 15) is 4.79 Å². The Labute approximate surface area is 90.8 Å². The average Bonchev–Trinajstić information content (AvgIpc) is 2.63. The number of halogens is 1. The highest BCUT2D eigenvalue weighted by Crippen LogP contribution is 2.19. The Hall–Kier alpha value is -0.610. The van der Waals surface area contributed by atoms with E-state index in [4.69, 9.17) is 4.74 Å². The molecule has 0 aliphatic carbocycles. The Balaban J connectivity index is 2.46. The van der Waals surface area contributed by atoms with Gasteiger partial charge < -0.3 is 9.30 Å². The van der Waals surface area contributed by atoms with Crippen LogP contribution >= 0.6 is 15.9 Å². The molecule has 2 heterocycles. The summed E-state index contributed by atoms with van der Waals surface area (Å²) in [7, 11) is 0. The summed E-state index contributed by atoms with van der Waals surface area (Å²) in [5.41, 5.74) is 0.856. The number of nitrogens with zero attached hydrogens (tertiary/aromatic N) is 1. The topological polar surface area (TPSA) is 31.2 Å². The number of aryl methyl sites for hydroxylation is 1. The highest BCUT2D eigenvalue weighted by Gasteiger charge is 2.19. The largest absolute Gasteiger partial charge is 0.379 e. The van der Waals surface area contributed by atoms with E-state index in [0.717, 1.165) is 23.1 Å². The maximum absolute atomic E-state index is 11.8. The molecule has 0 saturated carbocycles. The molecule has 0 spiro atoms. The Morgan fingerprint density at radius 1 is 1.64 bits per heavy atom. The Kier molecular flexibility index (Phi) is 2.74. The van der Waals surface area contributed by atoms with Crippen molar-refractivity contribution in [2.45, 2.75) is 19.4 Å². The molecule has 1 unspecified atom stereocenters. The van der Waals surface area contributed by atoms with Crippen LogP contribution in [0, 0.1) is 6.92 Å². The summed E-state index contributed by atoms with van der Waals surface area (Å²) in [5, 5.41) is 0. The summed E-state index contributed by atoms with van der Waals surface area (Å²) >= 11 is 3.39. The van der Waals surface area contributed by atoms with E-state index in [1.54, 1.807) is 4.57 Å². The number of aromatic nitrogens is 1. The first kappa shape index (κ1) is 9.93. The van der Waals surface area contributed by atoms with Gasteiger partial charge >= 0.3 is 0 Å². The predicted octanol–water partition coefficient (Wildman–Crippen LogP) is 1.88. The third kappa shape index (κ3) is 1.77. The quantitative estimate of drug-likeness (QED) is 0.770. The summed E-state index contributed by atoms with van der Waals surface area (Å²) in [5.74, 6) is 0. The van der Waals surface area contributed by atoms with Gasteiger partial charge in [0, 0.05) is 22.8 Å². The van der Waals surface area contributed by atoms with Crippen molar-refractivity contribution in [1.29, 1.82) is 0 Å². The smallest absolute Gasteiger partial charge is 0.253 e. The minimum Gasteiger partial charge on any atom is -0.379 e. The fourth-order valence-electron chi connectivity index (χ4n) is 1.71. The lowest BCUT2D eigenvalue weighted by Gasteiger charge is -2.13. The molecule has 0 amide bonds. The van der Waals surface area contributed by atoms with Gasteiger partial charge in [-0.1, -0.05) is 0 Å². The van der Waals surface area contributed by atoms with Crippen LogP contribution in [0.1, 0.15) is 18.0 Å². The molecule has 4 heteroatoms. The van der Waals surface area contributed by atoms with Crippen LogP contribution < -0.4 is 5.56 Å².